The summed E-state index contributed by atoms with van der Waals surface area (Å²) in [4.78, 5) is -0.589. The third-order valence-corrected chi connectivity index (χ3v) is 2.88. The highest BCUT2D eigenvalue weighted by atomic mass is 35.7. The maximum Gasteiger partial charge on any atom is 0.267 e. The van der Waals surface area contributed by atoms with Crippen molar-refractivity contribution in [2.24, 2.45) is 0 Å². The highest BCUT2D eigenvalue weighted by Gasteiger charge is 2.26. The Balaban J connectivity index is 3.37. The van der Waals surface area contributed by atoms with Crippen molar-refractivity contribution in [3.8, 4) is 0 Å². The molecule has 0 aliphatic heterocycles. The highest BCUT2D eigenvalue weighted by Crippen LogP contribution is 2.22. The third kappa shape index (κ3) is 2.06. The van der Waals surface area contributed by atoms with E-state index < -0.39 is 25.4 Å². The number of hydrogen-bond acceptors (Lipinski definition) is 3. The zero-order valence-corrected chi connectivity index (χ0v) is 9.52. The average molecular weight is 241 g/mol. The fourth-order valence-electron chi connectivity index (χ4n) is 0.950. The molecule has 1 aromatic heterocycles. The van der Waals surface area contributed by atoms with Crippen molar-refractivity contribution in [1.82, 2.24) is 9.78 Å². The van der Waals surface area contributed by atoms with E-state index in [1.165, 1.54) is 0 Å². The fourth-order valence-corrected chi connectivity index (χ4v) is 1.72. The Morgan fingerprint density at radius 1 is 1.50 bits per heavy atom. The van der Waals surface area contributed by atoms with Gasteiger partial charge in [-0.2, -0.15) is 9.49 Å². The lowest BCUT2D eigenvalue weighted by Gasteiger charge is -2.19. The quantitative estimate of drug-likeness (QED) is 0.702. The average Bonchev–Trinajstić information content (AvgIpc) is 2.26. The van der Waals surface area contributed by atoms with Crippen LogP contribution >= 0.6 is 10.7 Å². The van der Waals surface area contributed by atoms with E-state index in [4.69, 9.17) is 10.7 Å². The first-order chi connectivity index (χ1) is 6.14. The Kier molecular flexibility index (Phi) is 2.62. The van der Waals surface area contributed by atoms with Gasteiger partial charge >= 0.3 is 0 Å². The van der Waals surface area contributed by atoms with Crippen molar-refractivity contribution in [3.63, 3.8) is 0 Å². The molecule has 1 heterocycles. The van der Waals surface area contributed by atoms with Gasteiger partial charge in [-0.25, -0.2) is 13.1 Å². The maximum atomic E-state index is 13.5. The zero-order valence-electron chi connectivity index (χ0n) is 7.95. The van der Waals surface area contributed by atoms with Gasteiger partial charge in [0.05, 0.1) is 11.7 Å². The van der Waals surface area contributed by atoms with Gasteiger partial charge < -0.3 is 0 Å². The summed E-state index contributed by atoms with van der Waals surface area (Å²) in [6, 6.07) is 0. The van der Waals surface area contributed by atoms with Crippen molar-refractivity contribution in [1.29, 1.82) is 0 Å². The first-order valence-corrected chi connectivity index (χ1v) is 6.13. The van der Waals surface area contributed by atoms with Gasteiger partial charge in [-0.15, -0.1) is 0 Å². The molecular formula is C7H10ClFN2O2S. The molecule has 0 atom stereocenters. The Bertz CT molecular complexity index is 447. The first-order valence-electron chi connectivity index (χ1n) is 3.82. The van der Waals surface area contributed by atoms with E-state index in [1.54, 1.807) is 20.8 Å². The highest BCUT2D eigenvalue weighted by molar-refractivity contribution is 8.13. The van der Waals surface area contributed by atoms with Gasteiger partial charge in [0.1, 0.15) is 0 Å². The van der Waals surface area contributed by atoms with Crippen LogP contribution in [0.2, 0.25) is 0 Å². The Morgan fingerprint density at radius 3 is 2.21 bits per heavy atom. The van der Waals surface area contributed by atoms with E-state index in [0.717, 1.165) is 10.9 Å². The molecule has 7 heteroatoms. The minimum atomic E-state index is -4.06. The van der Waals surface area contributed by atoms with Gasteiger partial charge in [-0.05, 0) is 20.8 Å². The predicted molar refractivity (Wildman–Crippen MR) is 50.2 cm³/mol. The Labute approximate surface area is 86.1 Å². The predicted octanol–water partition coefficient (Wildman–Crippen LogP) is 1.70. The second-order valence-corrected chi connectivity index (χ2v) is 6.35. The molecule has 0 spiro atoms. The number of halogens is 2. The van der Waals surface area contributed by atoms with Crippen LogP contribution in [0.5, 0.6) is 0 Å². The number of nitrogens with zero attached hydrogens (tertiary/aromatic N) is 2. The van der Waals surface area contributed by atoms with Gasteiger partial charge in [-0.1, -0.05) is 0 Å². The van der Waals surface area contributed by atoms with E-state index in [-0.39, 0.29) is 0 Å². The molecule has 0 saturated heterocycles. The van der Waals surface area contributed by atoms with Crippen molar-refractivity contribution < 1.29 is 12.8 Å². The molecular weight excluding hydrogens is 231 g/mol. The number of hydrogen-bond donors (Lipinski definition) is 0. The summed E-state index contributed by atoms with van der Waals surface area (Å²) < 4.78 is 36.2. The molecule has 0 fully saturated rings. The van der Waals surface area contributed by atoms with Gasteiger partial charge in [0, 0.05) is 10.7 Å². The van der Waals surface area contributed by atoms with Gasteiger partial charge in [0.15, 0.2) is 4.90 Å². The first kappa shape index (κ1) is 11.5. The molecule has 80 valence electrons. The van der Waals surface area contributed by atoms with E-state index in [2.05, 4.69) is 5.10 Å². The normalized spacial score (nSPS) is 13.2. The molecule has 0 saturated carbocycles. The standard InChI is InChI=1S/C7H10ClFN2O2S/c1-7(2,3)11-6(9)5(4-10-11)14(8,12)13/h4H,1-3H3. The summed E-state index contributed by atoms with van der Waals surface area (Å²) >= 11 is 0. The van der Waals surface area contributed by atoms with Gasteiger partial charge in [-0.3, -0.25) is 0 Å². The fraction of sp³-hybridized carbons (Fsp3) is 0.571. The minimum absolute atomic E-state index is 0.589. The molecule has 0 bridgehead atoms. The smallest absolute Gasteiger partial charge is 0.233 e. The SMILES string of the molecule is CC(C)(C)n1ncc(S(=O)(=O)Cl)c1F. The van der Waals surface area contributed by atoms with E-state index in [0.29, 0.717) is 0 Å². The van der Waals surface area contributed by atoms with Crippen LogP contribution in [0.1, 0.15) is 20.8 Å². The second-order valence-electron chi connectivity index (χ2n) is 3.82. The summed E-state index contributed by atoms with van der Waals surface area (Å²) in [5.41, 5.74) is -0.621. The lowest BCUT2D eigenvalue weighted by molar-refractivity contribution is 0.295. The molecule has 0 aromatic carbocycles. The molecule has 0 aliphatic carbocycles. The van der Waals surface area contributed by atoms with Gasteiger partial charge in [0.25, 0.3) is 9.05 Å². The van der Waals surface area contributed by atoms with Crippen LogP contribution in [0.25, 0.3) is 0 Å². The van der Waals surface area contributed by atoms with Crippen LogP contribution in [-0.2, 0) is 14.6 Å². The van der Waals surface area contributed by atoms with Crippen LogP contribution in [-0.4, -0.2) is 18.2 Å². The lowest BCUT2D eigenvalue weighted by Crippen LogP contribution is -2.25. The van der Waals surface area contributed by atoms with Crippen LogP contribution in [0.3, 0.4) is 0 Å². The molecule has 0 unspecified atom stereocenters. The van der Waals surface area contributed by atoms with Crippen molar-refractivity contribution in [2.45, 2.75) is 31.2 Å². The van der Waals surface area contributed by atoms with E-state index in [9.17, 15) is 12.8 Å². The topological polar surface area (TPSA) is 52.0 Å². The summed E-state index contributed by atoms with van der Waals surface area (Å²) in [7, 11) is 0.947. The minimum Gasteiger partial charge on any atom is -0.233 e. The largest absolute Gasteiger partial charge is 0.267 e. The zero-order chi connectivity index (χ0) is 11.1. The van der Waals surface area contributed by atoms with E-state index >= 15 is 0 Å². The van der Waals surface area contributed by atoms with Crippen molar-refractivity contribution in [2.75, 3.05) is 0 Å². The third-order valence-electron chi connectivity index (χ3n) is 1.58. The molecule has 0 N–H and O–H groups in total. The molecule has 0 amide bonds. The number of aromatic nitrogens is 2. The Hall–Kier alpha value is -0.620. The molecule has 1 aromatic rings. The van der Waals surface area contributed by atoms with Crippen LogP contribution in [0.15, 0.2) is 11.1 Å². The summed E-state index contributed by atoms with van der Waals surface area (Å²) in [6.07, 6.45) is 0.906. The van der Waals surface area contributed by atoms with Gasteiger partial charge in [0.2, 0.25) is 5.95 Å². The summed E-state index contributed by atoms with van der Waals surface area (Å²) in [6.45, 7) is 5.11. The molecule has 0 radical (unpaired) electrons. The lowest BCUT2D eigenvalue weighted by atomic mass is 10.1. The maximum absolute atomic E-state index is 13.5. The van der Waals surface area contributed by atoms with Crippen molar-refractivity contribution >= 4 is 19.7 Å². The van der Waals surface area contributed by atoms with Crippen LogP contribution < -0.4 is 0 Å². The Morgan fingerprint density at radius 2 is 2.00 bits per heavy atom. The molecule has 1 rings (SSSR count). The van der Waals surface area contributed by atoms with Crippen LogP contribution in [0, 0.1) is 5.95 Å². The molecule has 0 aliphatic rings. The molecule has 14 heavy (non-hydrogen) atoms. The summed E-state index contributed by atoms with van der Waals surface area (Å²) in [5, 5.41) is 3.63. The summed E-state index contributed by atoms with van der Waals surface area (Å²) in [5.74, 6) is -0.937. The monoisotopic (exact) mass is 240 g/mol. The van der Waals surface area contributed by atoms with Crippen molar-refractivity contribution in [3.05, 3.63) is 12.1 Å². The van der Waals surface area contributed by atoms with Crippen LogP contribution in [0.4, 0.5) is 4.39 Å². The number of rotatable bonds is 1. The second kappa shape index (κ2) is 3.20. The van der Waals surface area contributed by atoms with E-state index in [1.807, 2.05) is 0 Å². The molecule has 4 nitrogen and oxygen atoms in total.